The largest absolute Gasteiger partial charge is 0.483 e. The van der Waals surface area contributed by atoms with Crippen LogP contribution in [0.2, 0.25) is 0 Å². The smallest absolute Gasteiger partial charge is 0.262 e. The molecule has 0 aliphatic heterocycles. The maximum atomic E-state index is 12.8. The molecule has 1 amide bonds. The lowest BCUT2D eigenvalue weighted by molar-refractivity contribution is -0.118. The van der Waals surface area contributed by atoms with Crippen LogP contribution in [0.15, 0.2) is 53.4 Å². The molecule has 1 N–H and O–H groups in total. The molecule has 0 fully saturated rings. The van der Waals surface area contributed by atoms with E-state index in [1.807, 2.05) is 39.0 Å². The van der Waals surface area contributed by atoms with Gasteiger partial charge in [0, 0.05) is 18.8 Å². The lowest BCUT2D eigenvalue weighted by Gasteiger charge is -2.21. The number of rotatable bonds is 10. The second-order valence-electron chi connectivity index (χ2n) is 6.53. The molecule has 152 valence electrons. The van der Waals surface area contributed by atoms with Gasteiger partial charge in [0.25, 0.3) is 5.91 Å². The fraction of sp³-hybridized carbons (Fsp3) is 0.381. The van der Waals surface area contributed by atoms with Gasteiger partial charge in [-0.15, -0.1) is 0 Å². The summed E-state index contributed by atoms with van der Waals surface area (Å²) in [5, 5.41) is 2.72. The van der Waals surface area contributed by atoms with Gasteiger partial charge in [0.15, 0.2) is 6.61 Å². The van der Waals surface area contributed by atoms with Gasteiger partial charge in [0.1, 0.15) is 5.75 Å². The van der Waals surface area contributed by atoms with Crippen molar-refractivity contribution in [3.05, 3.63) is 54.1 Å². The number of hydrogen-bond acceptors (Lipinski definition) is 4. The Hall–Kier alpha value is -2.38. The lowest BCUT2D eigenvalue weighted by atomic mass is 10.2. The summed E-state index contributed by atoms with van der Waals surface area (Å²) in [6.07, 6.45) is 1.52. The molecule has 28 heavy (non-hydrogen) atoms. The Labute approximate surface area is 167 Å². The van der Waals surface area contributed by atoms with Crippen molar-refractivity contribution in [1.82, 2.24) is 4.31 Å². The summed E-state index contributed by atoms with van der Waals surface area (Å²) in [5.74, 6) is 0.350. The molecule has 0 saturated heterocycles. The second-order valence-corrected chi connectivity index (χ2v) is 8.47. The van der Waals surface area contributed by atoms with Gasteiger partial charge in [-0.1, -0.05) is 32.0 Å². The van der Waals surface area contributed by atoms with Crippen LogP contribution >= 0.6 is 0 Å². The Morgan fingerprint density at radius 2 is 1.61 bits per heavy atom. The van der Waals surface area contributed by atoms with E-state index < -0.39 is 10.0 Å². The van der Waals surface area contributed by atoms with Crippen LogP contribution in [-0.4, -0.2) is 38.3 Å². The molecule has 7 heteroatoms. The van der Waals surface area contributed by atoms with E-state index in [1.54, 1.807) is 18.2 Å². The summed E-state index contributed by atoms with van der Waals surface area (Å²) in [7, 11) is -3.53. The van der Waals surface area contributed by atoms with Crippen molar-refractivity contribution in [3.63, 3.8) is 0 Å². The number of hydrogen-bond donors (Lipinski definition) is 1. The number of anilines is 1. The third kappa shape index (κ3) is 5.81. The van der Waals surface area contributed by atoms with Gasteiger partial charge in [-0.2, -0.15) is 4.31 Å². The predicted octanol–water partition coefficient (Wildman–Crippen LogP) is 3.82. The Morgan fingerprint density at radius 3 is 2.18 bits per heavy atom. The van der Waals surface area contributed by atoms with Crippen molar-refractivity contribution in [2.75, 3.05) is 25.0 Å². The number of carbonyl (C=O) groups is 1. The average molecular weight is 405 g/mol. The molecule has 0 spiro atoms. The molecule has 0 radical (unpaired) electrons. The van der Waals surface area contributed by atoms with Crippen LogP contribution < -0.4 is 10.1 Å². The number of nitrogens with zero attached hydrogens (tertiary/aromatic N) is 1. The van der Waals surface area contributed by atoms with E-state index in [9.17, 15) is 13.2 Å². The van der Waals surface area contributed by atoms with E-state index in [0.717, 1.165) is 18.4 Å². The standard InChI is InChI=1S/C21H28N2O4S/c1-4-14-23(15-5-2)28(25,26)19-12-10-18(11-13-19)22-21(24)16-27-20-9-7-6-8-17(20)3/h6-13H,4-5,14-16H2,1-3H3,(H,22,24). The van der Waals surface area contributed by atoms with Crippen molar-refractivity contribution < 1.29 is 17.9 Å². The van der Waals surface area contributed by atoms with Gasteiger partial charge in [-0.3, -0.25) is 4.79 Å². The maximum absolute atomic E-state index is 12.8. The van der Waals surface area contributed by atoms with E-state index in [4.69, 9.17) is 4.74 Å². The molecule has 0 unspecified atom stereocenters. The highest BCUT2D eigenvalue weighted by Crippen LogP contribution is 2.20. The number of benzene rings is 2. The number of ether oxygens (including phenoxy) is 1. The second kappa shape index (κ2) is 10.2. The molecule has 0 saturated carbocycles. The highest BCUT2D eigenvalue weighted by atomic mass is 32.2. The summed E-state index contributed by atoms with van der Waals surface area (Å²) in [6, 6.07) is 13.7. The highest BCUT2D eigenvalue weighted by Gasteiger charge is 2.22. The summed E-state index contributed by atoms with van der Waals surface area (Å²) in [5.41, 5.74) is 1.48. The van der Waals surface area contributed by atoms with Crippen molar-refractivity contribution in [2.24, 2.45) is 0 Å². The first-order valence-electron chi connectivity index (χ1n) is 9.47. The van der Waals surface area contributed by atoms with E-state index in [-0.39, 0.29) is 17.4 Å². The minimum absolute atomic E-state index is 0.119. The lowest BCUT2D eigenvalue weighted by Crippen LogP contribution is -2.32. The first kappa shape index (κ1) is 21.9. The van der Waals surface area contributed by atoms with E-state index in [0.29, 0.717) is 24.5 Å². The number of carbonyl (C=O) groups excluding carboxylic acids is 1. The molecule has 0 aromatic heterocycles. The van der Waals surface area contributed by atoms with Gasteiger partial charge in [0.05, 0.1) is 4.90 Å². The molecule has 0 aliphatic rings. The van der Waals surface area contributed by atoms with Crippen LogP contribution in [0.1, 0.15) is 32.3 Å². The minimum atomic E-state index is -3.53. The highest BCUT2D eigenvalue weighted by molar-refractivity contribution is 7.89. The third-order valence-corrected chi connectivity index (χ3v) is 6.09. The number of amides is 1. The van der Waals surface area contributed by atoms with Gasteiger partial charge in [0.2, 0.25) is 10.0 Å². The quantitative estimate of drug-likeness (QED) is 0.653. The summed E-state index contributed by atoms with van der Waals surface area (Å²) in [6.45, 7) is 6.68. The average Bonchev–Trinajstić information content (AvgIpc) is 2.67. The van der Waals surface area contributed by atoms with Crippen LogP contribution in [0.25, 0.3) is 0 Å². The van der Waals surface area contributed by atoms with Gasteiger partial charge in [-0.25, -0.2) is 8.42 Å². The Kier molecular flexibility index (Phi) is 8.02. The summed E-state index contributed by atoms with van der Waals surface area (Å²) >= 11 is 0. The van der Waals surface area contributed by atoms with Crippen LogP contribution in [0.3, 0.4) is 0 Å². The van der Waals surface area contributed by atoms with Crippen molar-refractivity contribution in [2.45, 2.75) is 38.5 Å². The molecule has 2 aromatic carbocycles. The zero-order chi connectivity index (χ0) is 20.6. The van der Waals surface area contributed by atoms with Gasteiger partial charge >= 0.3 is 0 Å². The molecule has 6 nitrogen and oxygen atoms in total. The molecular weight excluding hydrogens is 376 g/mol. The SMILES string of the molecule is CCCN(CCC)S(=O)(=O)c1ccc(NC(=O)COc2ccccc2C)cc1. The molecule has 0 heterocycles. The van der Waals surface area contributed by atoms with Gasteiger partial charge < -0.3 is 10.1 Å². The molecule has 0 aliphatic carbocycles. The normalized spacial score (nSPS) is 11.4. The number of sulfonamides is 1. The van der Waals surface area contributed by atoms with E-state index in [2.05, 4.69) is 5.32 Å². The van der Waals surface area contributed by atoms with Gasteiger partial charge in [-0.05, 0) is 55.7 Å². The maximum Gasteiger partial charge on any atom is 0.262 e. The predicted molar refractivity (Wildman–Crippen MR) is 111 cm³/mol. The van der Waals surface area contributed by atoms with E-state index in [1.165, 1.54) is 16.4 Å². The molecule has 2 rings (SSSR count). The molecular formula is C21H28N2O4S. The first-order chi connectivity index (χ1) is 13.4. The van der Waals surface area contributed by atoms with Crippen LogP contribution in [-0.2, 0) is 14.8 Å². The molecule has 0 bridgehead atoms. The number of aryl methyl sites for hydroxylation is 1. The van der Waals surface area contributed by atoms with Crippen molar-refractivity contribution in [3.8, 4) is 5.75 Å². The Balaban J connectivity index is 1.99. The first-order valence-corrected chi connectivity index (χ1v) is 10.9. The van der Waals surface area contributed by atoms with Crippen LogP contribution in [0.5, 0.6) is 5.75 Å². The fourth-order valence-electron chi connectivity index (χ4n) is 2.77. The zero-order valence-electron chi connectivity index (χ0n) is 16.6. The third-order valence-electron chi connectivity index (χ3n) is 4.17. The molecule has 0 atom stereocenters. The van der Waals surface area contributed by atoms with Crippen molar-refractivity contribution in [1.29, 1.82) is 0 Å². The summed E-state index contributed by atoms with van der Waals surface area (Å²) < 4.78 is 32.5. The number of nitrogens with one attached hydrogen (secondary N) is 1. The Bertz CT molecular complexity index is 874. The van der Waals surface area contributed by atoms with Crippen LogP contribution in [0.4, 0.5) is 5.69 Å². The fourth-order valence-corrected chi connectivity index (χ4v) is 4.39. The van der Waals surface area contributed by atoms with Crippen LogP contribution in [0, 0.1) is 6.92 Å². The number of para-hydroxylation sites is 1. The topological polar surface area (TPSA) is 75.7 Å². The Morgan fingerprint density at radius 1 is 1.00 bits per heavy atom. The minimum Gasteiger partial charge on any atom is -0.483 e. The monoisotopic (exact) mass is 404 g/mol. The van der Waals surface area contributed by atoms with E-state index >= 15 is 0 Å². The molecule has 2 aromatic rings. The summed E-state index contributed by atoms with van der Waals surface area (Å²) in [4.78, 5) is 12.3. The zero-order valence-corrected chi connectivity index (χ0v) is 17.5. The van der Waals surface area contributed by atoms with Crippen molar-refractivity contribution >= 4 is 21.6 Å².